The lowest BCUT2D eigenvalue weighted by Crippen LogP contribution is -2.30. The van der Waals surface area contributed by atoms with Crippen LogP contribution in [0.25, 0.3) is 0 Å². The monoisotopic (exact) mass is 795 g/mol. The number of rotatable bonds is 41. The predicted molar refractivity (Wildman–Crippen MR) is 242 cm³/mol. The predicted octanol–water partition coefficient (Wildman–Crippen LogP) is 15.1. The van der Waals surface area contributed by atoms with Crippen LogP contribution in [0, 0.1) is 0 Å². The second-order valence-corrected chi connectivity index (χ2v) is 15.3. The first kappa shape index (κ1) is 53.9. The molecule has 0 aliphatic rings. The van der Waals surface area contributed by atoms with Gasteiger partial charge >= 0.3 is 17.9 Å². The fourth-order valence-corrected chi connectivity index (χ4v) is 6.18. The average molecular weight is 795 g/mol. The molecule has 0 N–H and O–H groups in total. The van der Waals surface area contributed by atoms with Crippen LogP contribution < -0.4 is 0 Å². The molecular formula is C51H86O6. The average Bonchev–Trinajstić information content (AvgIpc) is 3.21. The Balaban J connectivity index is 4.47. The maximum atomic E-state index is 12.7. The van der Waals surface area contributed by atoms with E-state index in [0.717, 1.165) is 77.0 Å². The normalized spacial score (nSPS) is 12.7. The van der Waals surface area contributed by atoms with Crippen LogP contribution in [0.5, 0.6) is 0 Å². The molecule has 0 aromatic carbocycles. The smallest absolute Gasteiger partial charge is 0.306 e. The van der Waals surface area contributed by atoms with Crippen molar-refractivity contribution in [2.75, 3.05) is 13.2 Å². The fraction of sp³-hybridized carbons (Fsp3) is 0.706. The van der Waals surface area contributed by atoms with Gasteiger partial charge in [0.15, 0.2) is 6.10 Å². The number of carbonyl (C=O) groups excluding carboxylic acids is 3. The molecule has 0 heterocycles. The van der Waals surface area contributed by atoms with E-state index in [1.54, 1.807) is 0 Å². The van der Waals surface area contributed by atoms with Crippen molar-refractivity contribution in [3.8, 4) is 0 Å². The van der Waals surface area contributed by atoms with E-state index in [1.165, 1.54) is 89.9 Å². The van der Waals surface area contributed by atoms with Gasteiger partial charge in [0.2, 0.25) is 0 Å². The lowest BCUT2D eigenvalue weighted by molar-refractivity contribution is -0.166. The molecule has 0 fully saturated rings. The SMILES string of the molecule is CC\C=C/C=C\C=C/CCCCCCCCCC(=O)OCC(COC(=O)CCCCCCC/C=C\CCCC)OC(=O)CC/C=C\C/C=C\CCCCCCCC. The minimum Gasteiger partial charge on any atom is -0.462 e. The van der Waals surface area contributed by atoms with E-state index in [2.05, 4.69) is 87.6 Å². The maximum absolute atomic E-state index is 12.7. The highest BCUT2D eigenvalue weighted by molar-refractivity contribution is 5.71. The number of unbranched alkanes of at least 4 members (excludes halogenated alkanes) is 20. The molecular weight excluding hydrogens is 709 g/mol. The van der Waals surface area contributed by atoms with Gasteiger partial charge in [0.1, 0.15) is 13.2 Å². The maximum Gasteiger partial charge on any atom is 0.306 e. The lowest BCUT2D eigenvalue weighted by Gasteiger charge is -2.18. The summed E-state index contributed by atoms with van der Waals surface area (Å²) in [6.07, 6.45) is 56.1. The van der Waals surface area contributed by atoms with E-state index in [4.69, 9.17) is 14.2 Å². The van der Waals surface area contributed by atoms with Crippen molar-refractivity contribution in [1.29, 1.82) is 0 Å². The number of esters is 3. The summed E-state index contributed by atoms with van der Waals surface area (Å²) in [6, 6.07) is 0. The van der Waals surface area contributed by atoms with Gasteiger partial charge in [-0.3, -0.25) is 14.4 Å². The summed E-state index contributed by atoms with van der Waals surface area (Å²) in [7, 11) is 0. The summed E-state index contributed by atoms with van der Waals surface area (Å²) in [6.45, 7) is 6.38. The fourth-order valence-electron chi connectivity index (χ4n) is 6.18. The van der Waals surface area contributed by atoms with Crippen molar-refractivity contribution >= 4 is 17.9 Å². The van der Waals surface area contributed by atoms with Gasteiger partial charge in [-0.05, 0) is 77.0 Å². The zero-order valence-corrected chi connectivity index (χ0v) is 37.1. The van der Waals surface area contributed by atoms with Crippen molar-refractivity contribution < 1.29 is 28.6 Å². The molecule has 0 saturated carbocycles. The van der Waals surface area contributed by atoms with E-state index in [0.29, 0.717) is 19.3 Å². The van der Waals surface area contributed by atoms with Crippen LogP contribution in [-0.4, -0.2) is 37.2 Å². The topological polar surface area (TPSA) is 78.9 Å². The van der Waals surface area contributed by atoms with Crippen molar-refractivity contribution in [2.24, 2.45) is 0 Å². The molecule has 1 atom stereocenters. The standard InChI is InChI=1S/C51H86O6/c1-4-7-10-13-16-19-22-24-25-27-29-32-35-38-41-44-50(53)56-47-48(46-55-49(52)43-40-37-34-31-28-21-18-15-12-9-6-3)57-51(54)45-42-39-36-33-30-26-23-20-17-14-11-8-5-2/h7,10,13,15-16,18-19,22,26,30,36,39,48H,4-6,8-9,11-12,14,17,20-21,23-25,27-29,31-35,37-38,40-47H2,1-3H3/b10-7-,16-13-,18-15-,22-19-,30-26-,39-36-. The minimum absolute atomic E-state index is 0.107. The summed E-state index contributed by atoms with van der Waals surface area (Å²) in [4.78, 5) is 37.7. The Labute approximate surface area is 351 Å². The lowest BCUT2D eigenvalue weighted by atomic mass is 10.1. The summed E-state index contributed by atoms with van der Waals surface area (Å²) in [5, 5.41) is 0. The van der Waals surface area contributed by atoms with Gasteiger partial charge in [-0.15, -0.1) is 0 Å². The van der Waals surface area contributed by atoms with Gasteiger partial charge < -0.3 is 14.2 Å². The molecule has 0 amide bonds. The van der Waals surface area contributed by atoms with Crippen LogP contribution in [0.1, 0.15) is 213 Å². The molecule has 6 nitrogen and oxygen atoms in total. The first-order valence-electron chi connectivity index (χ1n) is 23.5. The number of ether oxygens (including phenoxy) is 3. The second kappa shape index (κ2) is 45.6. The summed E-state index contributed by atoms with van der Waals surface area (Å²) in [5.74, 6) is -1.00. The van der Waals surface area contributed by atoms with Crippen LogP contribution in [0.2, 0.25) is 0 Å². The van der Waals surface area contributed by atoms with Crippen LogP contribution in [-0.2, 0) is 28.6 Å². The minimum atomic E-state index is -0.812. The molecule has 0 spiro atoms. The molecule has 1 unspecified atom stereocenters. The molecule has 0 radical (unpaired) electrons. The van der Waals surface area contributed by atoms with Gasteiger partial charge in [-0.25, -0.2) is 0 Å². The van der Waals surface area contributed by atoms with Crippen LogP contribution in [0.3, 0.4) is 0 Å². The Morgan fingerprint density at radius 3 is 1.33 bits per heavy atom. The first-order valence-corrected chi connectivity index (χ1v) is 23.5. The van der Waals surface area contributed by atoms with Crippen LogP contribution in [0.15, 0.2) is 72.9 Å². The van der Waals surface area contributed by atoms with Gasteiger partial charge in [-0.1, -0.05) is 190 Å². The number of carbonyl (C=O) groups is 3. The summed E-state index contributed by atoms with van der Waals surface area (Å²) in [5.41, 5.74) is 0. The molecule has 326 valence electrons. The zero-order valence-electron chi connectivity index (χ0n) is 37.1. The quantitative estimate of drug-likeness (QED) is 0.0202. The zero-order chi connectivity index (χ0) is 41.5. The molecule has 6 heteroatoms. The van der Waals surface area contributed by atoms with E-state index >= 15 is 0 Å². The van der Waals surface area contributed by atoms with Crippen LogP contribution >= 0.6 is 0 Å². The molecule has 0 rings (SSSR count). The van der Waals surface area contributed by atoms with Gasteiger partial charge in [0.05, 0.1) is 0 Å². The Hall–Kier alpha value is -3.15. The van der Waals surface area contributed by atoms with E-state index in [9.17, 15) is 14.4 Å². The summed E-state index contributed by atoms with van der Waals surface area (Å²) < 4.78 is 16.6. The van der Waals surface area contributed by atoms with E-state index in [-0.39, 0.29) is 37.5 Å². The molecule has 0 aliphatic heterocycles. The van der Waals surface area contributed by atoms with E-state index < -0.39 is 6.10 Å². The van der Waals surface area contributed by atoms with E-state index in [1.807, 2.05) is 6.08 Å². The van der Waals surface area contributed by atoms with Gasteiger partial charge in [0, 0.05) is 19.3 Å². The molecule has 0 aliphatic carbocycles. The number of hydrogen-bond acceptors (Lipinski definition) is 6. The van der Waals surface area contributed by atoms with Crippen molar-refractivity contribution in [3.05, 3.63) is 72.9 Å². The first-order chi connectivity index (χ1) is 28.0. The third kappa shape index (κ3) is 43.8. The van der Waals surface area contributed by atoms with Crippen molar-refractivity contribution in [1.82, 2.24) is 0 Å². The Bertz CT molecular complexity index is 1100. The molecule has 0 aromatic rings. The van der Waals surface area contributed by atoms with Gasteiger partial charge in [-0.2, -0.15) is 0 Å². The second-order valence-electron chi connectivity index (χ2n) is 15.3. The van der Waals surface area contributed by atoms with Crippen LogP contribution in [0.4, 0.5) is 0 Å². The molecule has 0 saturated heterocycles. The highest BCUT2D eigenvalue weighted by Gasteiger charge is 2.19. The highest BCUT2D eigenvalue weighted by Crippen LogP contribution is 2.13. The van der Waals surface area contributed by atoms with Crippen molar-refractivity contribution in [3.63, 3.8) is 0 Å². The summed E-state index contributed by atoms with van der Waals surface area (Å²) >= 11 is 0. The van der Waals surface area contributed by atoms with Gasteiger partial charge in [0.25, 0.3) is 0 Å². The Kier molecular flexibility index (Phi) is 43.0. The number of hydrogen-bond donors (Lipinski definition) is 0. The number of allylic oxidation sites excluding steroid dienone is 12. The largest absolute Gasteiger partial charge is 0.462 e. The Morgan fingerprint density at radius 1 is 0.386 bits per heavy atom. The molecule has 0 aromatic heterocycles. The highest BCUT2D eigenvalue weighted by atomic mass is 16.6. The molecule has 0 bridgehead atoms. The molecule has 57 heavy (non-hydrogen) atoms. The Morgan fingerprint density at radius 2 is 0.807 bits per heavy atom. The third-order valence-electron chi connectivity index (χ3n) is 9.74. The third-order valence-corrected chi connectivity index (χ3v) is 9.74. The van der Waals surface area contributed by atoms with Crippen molar-refractivity contribution in [2.45, 2.75) is 219 Å².